The average molecular weight is 310 g/mol. The van der Waals surface area contributed by atoms with E-state index in [0.29, 0.717) is 17.1 Å². The average Bonchev–Trinajstić information content (AvgIpc) is 2.37. The topological polar surface area (TPSA) is 87.4 Å². The fraction of sp³-hybridized carbons (Fsp3) is 0.231. The molecule has 2 aromatic rings. The summed E-state index contributed by atoms with van der Waals surface area (Å²) in [5, 5.41) is 11.0. The minimum Gasteiger partial charge on any atom is -0.439 e. The van der Waals surface area contributed by atoms with Gasteiger partial charge in [-0.25, -0.2) is 4.98 Å². The zero-order valence-corrected chi connectivity index (χ0v) is 12.1. The molecule has 0 N–H and O–H groups in total. The molecule has 0 atom stereocenters. The van der Waals surface area contributed by atoms with Crippen LogP contribution in [0.2, 0.25) is 5.15 Å². The third-order valence-corrected chi connectivity index (χ3v) is 2.77. The van der Waals surface area contributed by atoms with Gasteiger partial charge in [0.25, 0.3) is 5.69 Å². The number of hydrogen-bond acceptors (Lipinski definition) is 6. The molecule has 0 unspecified atom stereocenters. The van der Waals surface area contributed by atoms with E-state index >= 15 is 0 Å². The lowest BCUT2D eigenvalue weighted by Crippen LogP contribution is -1.99. The highest BCUT2D eigenvalue weighted by Crippen LogP contribution is 2.27. The molecule has 21 heavy (non-hydrogen) atoms. The first-order chi connectivity index (χ1) is 9.99. The van der Waals surface area contributed by atoms with Crippen molar-refractivity contribution in [3.8, 4) is 11.6 Å². The van der Waals surface area contributed by atoms with Gasteiger partial charge in [0, 0.05) is 24.8 Å². The van der Waals surface area contributed by atoms with Gasteiger partial charge in [0.15, 0.2) is 5.82 Å². The fourth-order valence-electron chi connectivity index (χ4n) is 1.70. The van der Waals surface area contributed by atoms with Crippen molar-refractivity contribution in [1.82, 2.24) is 9.97 Å². The number of ether oxygens (including phenoxy) is 2. The Bertz CT molecular complexity index is 678. The van der Waals surface area contributed by atoms with E-state index in [-0.39, 0.29) is 23.3 Å². The second-order valence-corrected chi connectivity index (χ2v) is 4.57. The van der Waals surface area contributed by atoms with Gasteiger partial charge in [-0.1, -0.05) is 11.6 Å². The summed E-state index contributed by atoms with van der Waals surface area (Å²) in [4.78, 5) is 18.4. The van der Waals surface area contributed by atoms with E-state index in [2.05, 4.69) is 9.97 Å². The summed E-state index contributed by atoms with van der Waals surface area (Å²) in [5.41, 5.74) is 0.526. The van der Waals surface area contributed by atoms with Gasteiger partial charge in [-0.15, -0.1) is 0 Å². The highest BCUT2D eigenvalue weighted by atomic mass is 35.5. The lowest BCUT2D eigenvalue weighted by molar-refractivity contribution is -0.385. The minimum absolute atomic E-state index is 0.0307. The second-order valence-electron chi connectivity index (χ2n) is 4.19. The molecule has 0 saturated heterocycles. The van der Waals surface area contributed by atoms with E-state index in [9.17, 15) is 10.1 Å². The lowest BCUT2D eigenvalue weighted by atomic mass is 10.2. The molecule has 0 saturated carbocycles. The Balaban J connectivity index is 2.25. The summed E-state index contributed by atoms with van der Waals surface area (Å²) < 4.78 is 10.5. The van der Waals surface area contributed by atoms with E-state index in [1.807, 2.05) is 0 Å². The van der Waals surface area contributed by atoms with Crippen LogP contribution >= 0.6 is 11.6 Å². The van der Waals surface area contributed by atoms with Gasteiger partial charge < -0.3 is 9.47 Å². The van der Waals surface area contributed by atoms with Gasteiger partial charge in [-0.2, -0.15) is 4.98 Å². The SMILES string of the molecule is COCc1nc(Cl)cc(Oc2ccc([N+](=O)[O-])c(C)c2)n1. The molecule has 110 valence electrons. The van der Waals surface area contributed by atoms with Crippen LogP contribution < -0.4 is 4.74 Å². The Morgan fingerprint density at radius 3 is 2.71 bits per heavy atom. The maximum absolute atomic E-state index is 10.8. The zero-order chi connectivity index (χ0) is 15.4. The van der Waals surface area contributed by atoms with Crippen LogP contribution in [-0.2, 0) is 11.3 Å². The van der Waals surface area contributed by atoms with Gasteiger partial charge in [0.05, 0.1) is 4.92 Å². The van der Waals surface area contributed by atoms with Crippen LogP contribution in [0, 0.1) is 17.0 Å². The summed E-state index contributed by atoms with van der Waals surface area (Å²) >= 11 is 5.87. The quantitative estimate of drug-likeness (QED) is 0.478. The van der Waals surface area contributed by atoms with Crippen molar-refractivity contribution >= 4 is 17.3 Å². The zero-order valence-electron chi connectivity index (χ0n) is 11.4. The maximum Gasteiger partial charge on any atom is 0.272 e. The van der Waals surface area contributed by atoms with Crippen LogP contribution in [0.1, 0.15) is 11.4 Å². The normalized spacial score (nSPS) is 10.4. The minimum atomic E-state index is -0.447. The van der Waals surface area contributed by atoms with Crippen molar-refractivity contribution in [3.05, 3.63) is 50.9 Å². The Kier molecular flexibility index (Phi) is 4.66. The highest BCUT2D eigenvalue weighted by molar-refractivity contribution is 6.29. The summed E-state index contributed by atoms with van der Waals surface area (Å²) in [6.07, 6.45) is 0. The number of nitrogens with zero attached hydrogens (tertiary/aromatic N) is 3. The predicted molar refractivity (Wildman–Crippen MR) is 75.7 cm³/mol. The number of rotatable bonds is 5. The first-order valence-electron chi connectivity index (χ1n) is 5.95. The number of aryl methyl sites for hydroxylation is 1. The molecule has 2 rings (SSSR count). The van der Waals surface area contributed by atoms with Gasteiger partial charge >= 0.3 is 0 Å². The molecule has 0 radical (unpaired) electrons. The van der Waals surface area contributed by atoms with Crippen LogP contribution in [0.5, 0.6) is 11.6 Å². The van der Waals surface area contributed by atoms with Crippen molar-refractivity contribution < 1.29 is 14.4 Å². The molecule has 8 heteroatoms. The molecule has 0 fully saturated rings. The Morgan fingerprint density at radius 1 is 1.33 bits per heavy atom. The van der Waals surface area contributed by atoms with Crippen LogP contribution in [0.3, 0.4) is 0 Å². The number of hydrogen-bond donors (Lipinski definition) is 0. The number of aromatic nitrogens is 2. The van der Waals surface area contributed by atoms with Crippen molar-refractivity contribution in [3.63, 3.8) is 0 Å². The highest BCUT2D eigenvalue weighted by Gasteiger charge is 2.12. The molecule has 0 aliphatic heterocycles. The molecule has 0 aliphatic rings. The number of methoxy groups -OCH3 is 1. The molecule has 1 heterocycles. The van der Waals surface area contributed by atoms with Gasteiger partial charge in [-0.3, -0.25) is 10.1 Å². The van der Waals surface area contributed by atoms with Gasteiger partial charge in [-0.05, 0) is 19.1 Å². The predicted octanol–water partition coefficient (Wildman–Crippen LogP) is 3.29. The van der Waals surface area contributed by atoms with Crippen LogP contribution in [0.4, 0.5) is 5.69 Å². The summed E-state index contributed by atoms with van der Waals surface area (Å²) in [6, 6.07) is 5.89. The third-order valence-electron chi connectivity index (χ3n) is 2.58. The molecule has 0 aliphatic carbocycles. The van der Waals surface area contributed by atoms with E-state index in [1.54, 1.807) is 13.0 Å². The second kappa shape index (κ2) is 6.47. The molecular weight excluding hydrogens is 298 g/mol. The third kappa shape index (κ3) is 3.87. The maximum atomic E-state index is 10.8. The first-order valence-corrected chi connectivity index (χ1v) is 6.32. The van der Waals surface area contributed by atoms with Gasteiger partial charge in [0.1, 0.15) is 17.5 Å². The standard InChI is InChI=1S/C13H12ClN3O4/c1-8-5-9(3-4-10(8)17(18)19)21-13-6-11(14)15-12(16-13)7-20-2/h3-6H,7H2,1-2H3. The molecule has 1 aromatic heterocycles. The Hall–Kier alpha value is -2.25. The molecule has 7 nitrogen and oxygen atoms in total. The molecule has 0 spiro atoms. The van der Waals surface area contributed by atoms with Crippen molar-refractivity contribution in [2.75, 3.05) is 7.11 Å². The van der Waals surface area contributed by atoms with Crippen molar-refractivity contribution in [2.45, 2.75) is 13.5 Å². The van der Waals surface area contributed by atoms with Crippen molar-refractivity contribution in [1.29, 1.82) is 0 Å². The number of halogens is 1. The van der Waals surface area contributed by atoms with Crippen LogP contribution in [-0.4, -0.2) is 22.0 Å². The van der Waals surface area contributed by atoms with Gasteiger partial charge in [0.2, 0.25) is 5.88 Å². The molecule has 0 amide bonds. The van der Waals surface area contributed by atoms with E-state index in [0.717, 1.165) is 0 Å². The monoisotopic (exact) mass is 309 g/mol. The Morgan fingerprint density at radius 2 is 2.10 bits per heavy atom. The van der Waals surface area contributed by atoms with Crippen LogP contribution in [0.25, 0.3) is 0 Å². The van der Waals surface area contributed by atoms with Crippen LogP contribution in [0.15, 0.2) is 24.3 Å². The first kappa shape index (κ1) is 15.1. The molecule has 0 bridgehead atoms. The van der Waals surface area contributed by atoms with E-state index < -0.39 is 4.92 Å². The lowest BCUT2D eigenvalue weighted by Gasteiger charge is -2.07. The van der Waals surface area contributed by atoms with E-state index in [1.165, 1.54) is 25.3 Å². The summed E-state index contributed by atoms with van der Waals surface area (Å²) in [7, 11) is 1.52. The number of benzene rings is 1. The smallest absolute Gasteiger partial charge is 0.272 e. The number of nitro groups is 1. The summed E-state index contributed by atoms with van der Waals surface area (Å²) in [6.45, 7) is 1.84. The van der Waals surface area contributed by atoms with E-state index in [4.69, 9.17) is 21.1 Å². The Labute approximate surface area is 125 Å². The largest absolute Gasteiger partial charge is 0.439 e. The molecular formula is C13H12ClN3O4. The summed E-state index contributed by atoms with van der Waals surface area (Å²) in [5.74, 6) is 1.06. The fourth-order valence-corrected chi connectivity index (χ4v) is 1.90. The molecule has 1 aromatic carbocycles. The van der Waals surface area contributed by atoms with Crippen molar-refractivity contribution in [2.24, 2.45) is 0 Å². The number of nitro benzene ring substituents is 1.